The van der Waals surface area contributed by atoms with E-state index < -0.39 is 0 Å². The van der Waals surface area contributed by atoms with Crippen LogP contribution in [-0.2, 0) is 6.42 Å². The normalized spacial score (nSPS) is 11.6. The molecule has 4 rings (SSSR count). The summed E-state index contributed by atoms with van der Waals surface area (Å²) in [5, 5.41) is 5.22. The standard InChI is InChI=1S/C34H43N3/c1-8-9-10-12-15-27-21-30(23(2)3)32(31(22-27)24(4)5)37-34(28-16-13-11-14-17-28)35-33(36-37)29-19-25(6)18-26(7)20-29/h11,13-14,16-24H,8-10,12,15H2,1-7H3. The molecule has 0 bridgehead atoms. The van der Waals surface area contributed by atoms with Crippen molar-refractivity contribution in [3.63, 3.8) is 0 Å². The summed E-state index contributed by atoms with van der Waals surface area (Å²) in [7, 11) is 0. The highest BCUT2D eigenvalue weighted by molar-refractivity contribution is 5.67. The summed E-state index contributed by atoms with van der Waals surface area (Å²) in [5.41, 5.74) is 9.96. The minimum Gasteiger partial charge on any atom is -0.212 e. The molecule has 0 saturated carbocycles. The summed E-state index contributed by atoms with van der Waals surface area (Å²) >= 11 is 0. The summed E-state index contributed by atoms with van der Waals surface area (Å²) in [6.45, 7) is 15.7. The van der Waals surface area contributed by atoms with Crippen molar-refractivity contribution >= 4 is 0 Å². The van der Waals surface area contributed by atoms with Crippen molar-refractivity contribution in [3.8, 4) is 28.5 Å². The van der Waals surface area contributed by atoms with E-state index in [1.165, 1.54) is 59.2 Å². The molecule has 3 aromatic carbocycles. The Hall–Kier alpha value is -3.20. The minimum atomic E-state index is 0.376. The van der Waals surface area contributed by atoms with Gasteiger partial charge >= 0.3 is 0 Å². The van der Waals surface area contributed by atoms with Gasteiger partial charge in [0.2, 0.25) is 0 Å². The number of hydrogen-bond acceptors (Lipinski definition) is 2. The fourth-order valence-electron chi connectivity index (χ4n) is 5.24. The predicted octanol–water partition coefficient (Wildman–Crippen LogP) is 9.59. The van der Waals surface area contributed by atoms with Crippen molar-refractivity contribution in [2.45, 2.75) is 92.4 Å². The molecule has 1 aromatic heterocycles. The van der Waals surface area contributed by atoms with Crippen LogP contribution in [-0.4, -0.2) is 14.8 Å². The Morgan fingerprint density at radius 1 is 0.730 bits per heavy atom. The molecule has 3 nitrogen and oxygen atoms in total. The Morgan fingerprint density at radius 3 is 1.92 bits per heavy atom. The average molecular weight is 494 g/mol. The molecule has 0 saturated heterocycles. The molecule has 0 spiro atoms. The van der Waals surface area contributed by atoms with Gasteiger partial charge in [0.1, 0.15) is 0 Å². The lowest BCUT2D eigenvalue weighted by Crippen LogP contribution is -2.11. The van der Waals surface area contributed by atoms with Crippen molar-refractivity contribution < 1.29 is 0 Å². The van der Waals surface area contributed by atoms with Gasteiger partial charge in [0.05, 0.1) is 5.69 Å². The molecular weight excluding hydrogens is 450 g/mol. The van der Waals surface area contributed by atoms with Crippen LogP contribution in [0.4, 0.5) is 0 Å². The van der Waals surface area contributed by atoms with E-state index in [1.807, 2.05) is 0 Å². The number of aryl methyl sites for hydroxylation is 3. The first-order valence-corrected chi connectivity index (χ1v) is 14.1. The number of nitrogens with zero attached hydrogens (tertiary/aromatic N) is 3. The first-order valence-electron chi connectivity index (χ1n) is 14.1. The van der Waals surface area contributed by atoms with Crippen LogP contribution in [0.15, 0.2) is 60.7 Å². The Morgan fingerprint density at radius 2 is 1.35 bits per heavy atom. The minimum absolute atomic E-state index is 0.376. The van der Waals surface area contributed by atoms with Gasteiger partial charge in [-0.05, 0) is 67.3 Å². The van der Waals surface area contributed by atoms with E-state index in [-0.39, 0.29) is 0 Å². The van der Waals surface area contributed by atoms with E-state index in [0.29, 0.717) is 11.8 Å². The van der Waals surface area contributed by atoms with E-state index in [9.17, 15) is 0 Å². The topological polar surface area (TPSA) is 30.7 Å². The maximum absolute atomic E-state index is 5.22. The average Bonchev–Trinajstić information content (AvgIpc) is 3.31. The zero-order valence-corrected chi connectivity index (χ0v) is 23.8. The predicted molar refractivity (Wildman–Crippen MR) is 158 cm³/mol. The molecular formula is C34H43N3. The van der Waals surface area contributed by atoms with Crippen molar-refractivity contribution in [1.82, 2.24) is 14.8 Å². The second kappa shape index (κ2) is 11.9. The van der Waals surface area contributed by atoms with Crippen LogP contribution in [0.25, 0.3) is 28.5 Å². The van der Waals surface area contributed by atoms with Crippen LogP contribution in [0.5, 0.6) is 0 Å². The van der Waals surface area contributed by atoms with Gasteiger partial charge < -0.3 is 0 Å². The molecule has 0 aliphatic rings. The monoisotopic (exact) mass is 493 g/mol. The number of benzene rings is 3. The molecule has 0 aliphatic heterocycles. The van der Waals surface area contributed by atoms with Crippen molar-refractivity contribution in [2.24, 2.45) is 0 Å². The summed E-state index contributed by atoms with van der Waals surface area (Å²) in [5.74, 6) is 2.43. The zero-order chi connectivity index (χ0) is 26.5. The number of rotatable bonds is 10. The molecule has 0 fully saturated rings. The van der Waals surface area contributed by atoms with E-state index in [0.717, 1.165) is 29.2 Å². The molecule has 0 atom stereocenters. The summed E-state index contributed by atoms with van der Waals surface area (Å²) in [4.78, 5) is 5.15. The van der Waals surface area contributed by atoms with Gasteiger partial charge in [0.25, 0.3) is 0 Å². The maximum atomic E-state index is 5.22. The first kappa shape index (κ1) is 26.9. The van der Waals surface area contributed by atoms with E-state index in [4.69, 9.17) is 10.1 Å². The van der Waals surface area contributed by atoms with Gasteiger partial charge in [-0.25, -0.2) is 9.67 Å². The van der Waals surface area contributed by atoms with Crippen LogP contribution in [0.1, 0.15) is 100.0 Å². The highest BCUT2D eigenvalue weighted by Gasteiger charge is 2.23. The second-order valence-electron chi connectivity index (χ2n) is 11.2. The quantitative estimate of drug-likeness (QED) is 0.206. The van der Waals surface area contributed by atoms with Gasteiger partial charge in [-0.3, -0.25) is 0 Å². The highest BCUT2D eigenvalue weighted by Crippen LogP contribution is 2.36. The molecule has 0 radical (unpaired) electrons. The van der Waals surface area contributed by atoms with Crippen molar-refractivity contribution in [2.75, 3.05) is 0 Å². The molecule has 4 aromatic rings. The molecule has 194 valence electrons. The Labute approximate surface area is 224 Å². The molecule has 0 amide bonds. The smallest absolute Gasteiger partial charge is 0.182 e. The fourth-order valence-corrected chi connectivity index (χ4v) is 5.24. The molecule has 0 N–H and O–H groups in total. The SMILES string of the molecule is CCCCCCc1cc(C(C)C)c(-n2nc(-c3cc(C)cc(C)c3)nc2-c2ccccc2)c(C(C)C)c1. The van der Waals surface area contributed by atoms with E-state index in [2.05, 4.69) is 114 Å². The van der Waals surface area contributed by atoms with Gasteiger partial charge in [-0.2, -0.15) is 0 Å². The zero-order valence-electron chi connectivity index (χ0n) is 23.8. The fraction of sp³-hybridized carbons (Fsp3) is 0.412. The Kier molecular flexibility index (Phi) is 8.63. The first-order chi connectivity index (χ1) is 17.8. The lowest BCUT2D eigenvalue weighted by atomic mass is 9.89. The lowest BCUT2D eigenvalue weighted by Gasteiger charge is -2.22. The molecule has 37 heavy (non-hydrogen) atoms. The van der Waals surface area contributed by atoms with Crippen LogP contribution < -0.4 is 0 Å². The molecule has 1 heterocycles. The van der Waals surface area contributed by atoms with Crippen LogP contribution in [0.3, 0.4) is 0 Å². The van der Waals surface area contributed by atoms with Gasteiger partial charge in [0.15, 0.2) is 11.6 Å². The third kappa shape index (κ3) is 6.21. The number of aromatic nitrogens is 3. The summed E-state index contributed by atoms with van der Waals surface area (Å²) in [6.07, 6.45) is 6.26. The van der Waals surface area contributed by atoms with Gasteiger partial charge in [0, 0.05) is 11.1 Å². The van der Waals surface area contributed by atoms with Gasteiger partial charge in [-0.15, -0.1) is 5.10 Å². The summed E-state index contributed by atoms with van der Waals surface area (Å²) < 4.78 is 2.13. The molecule has 0 unspecified atom stereocenters. The van der Waals surface area contributed by atoms with Crippen molar-refractivity contribution in [3.05, 3.63) is 88.5 Å². The van der Waals surface area contributed by atoms with Crippen LogP contribution in [0, 0.1) is 13.8 Å². The number of unbranched alkanes of at least 4 members (excludes halogenated alkanes) is 3. The molecule has 3 heteroatoms. The lowest BCUT2D eigenvalue weighted by molar-refractivity contribution is 0.664. The third-order valence-corrected chi connectivity index (χ3v) is 7.12. The third-order valence-electron chi connectivity index (χ3n) is 7.12. The Bertz CT molecular complexity index is 1280. The summed E-state index contributed by atoms with van der Waals surface area (Å²) in [6, 6.07) is 21.9. The second-order valence-corrected chi connectivity index (χ2v) is 11.2. The van der Waals surface area contributed by atoms with E-state index >= 15 is 0 Å². The molecule has 0 aliphatic carbocycles. The van der Waals surface area contributed by atoms with Crippen molar-refractivity contribution in [1.29, 1.82) is 0 Å². The highest BCUT2D eigenvalue weighted by atomic mass is 15.4. The van der Waals surface area contributed by atoms with Gasteiger partial charge in [-0.1, -0.05) is 114 Å². The van der Waals surface area contributed by atoms with E-state index in [1.54, 1.807) is 0 Å². The number of hydrogen-bond donors (Lipinski definition) is 0. The Balaban J connectivity index is 1.94. The maximum Gasteiger partial charge on any atom is 0.182 e. The largest absolute Gasteiger partial charge is 0.212 e. The van der Waals surface area contributed by atoms with Crippen LogP contribution >= 0.6 is 0 Å². The van der Waals surface area contributed by atoms with Crippen LogP contribution in [0.2, 0.25) is 0 Å².